The van der Waals surface area contributed by atoms with Gasteiger partial charge in [0.05, 0.1) is 0 Å². The molecule has 1 N–H and O–H groups in total. The quantitative estimate of drug-likeness (QED) is 0.613. The van der Waals surface area contributed by atoms with Gasteiger partial charge in [0.2, 0.25) is 0 Å². The third kappa shape index (κ3) is 3.61. The second-order valence-corrected chi connectivity index (χ2v) is 5.44. The second kappa shape index (κ2) is 5.16. The van der Waals surface area contributed by atoms with Crippen LogP contribution in [0.15, 0.2) is 0 Å². The molecule has 1 saturated carbocycles. The molecule has 0 spiro atoms. The van der Waals surface area contributed by atoms with Crippen LogP contribution in [-0.2, 0) is 0 Å². The topological polar surface area (TPSA) is 12.0 Å². The highest BCUT2D eigenvalue weighted by Gasteiger charge is 2.42. The maximum absolute atomic E-state index is 3.74. The first-order valence-electron chi connectivity index (χ1n) is 6.34. The van der Waals surface area contributed by atoms with Gasteiger partial charge in [-0.3, -0.25) is 0 Å². The largest absolute Gasteiger partial charge is 0.311 e. The summed E-state index contributed by atoms with van der Waals surface area (Å²) in [6.07, 6.45) is 8.28. The van der Waals surface area contributed by atoms with Crippen molar-refractivity contribution in [3.63, 3.8) is 0 Å². The molecule has 0 aliphatic heterocycles. The van der Waals surface area contributed by atoms with Crippen LogP contribution in [0.3, 0.4) is 0 Å². The number of unbranched alkanes of at least 4 members (excludes halogenated alkanes) is 2. The third-order valence-electron chi connectivity index (χ3n) is 3.86. The molecule has 1 rings (SSSR count). The minimum Gasteiger partial charge on any atom is -0.311 e. The lowest BCUT2D eigenvalue weighted by molar-refractivity contribution is 0.334. The van der Waals surface area contributed by atoms with E-state index in [2.05, 4.69) is 33.0 Å². The van der Waals surface area contributed by atoms with E-state index in [1.165, 1.54) is 38.5 Å². The van der Waals surface area contributed by atoms with Crippen LogP contribution in [0.2, 0.25) is 0 Å². The molecule has 0 saturated heterocycles. The number of rotatable bonds is 7. The molecular formula is C13H27N. The van der Waals surface area contributed by atoms with Gasteiger partial charge in [-0.05, 0) is 38.5 Å². The van der Waals surface area contributed by atoms with Crippen molar-refractivity contribution in [1.29, 1.82) is 0 Å². The Morgan fingerprint density at radius 2 is 1.86 bits per heavy atom. The predicted octanol–water partition coefficient (Wildman–Crippen LogP) is 3.73. The third-order valence-corrected chi connectivity index (χ3v) is 3.86. The maximum atomic E-state index is 3.74. The van der Waals surface area contributed by atoms with Gasteiger partial charge in [-0.15, -0.1) is 0 Å². The van der Waals surface area contributed by atoms with Crippen molar-refractivity contribution >= 4 is 0 Å². The Bertz CT molecular complexity index is 161. The van der Waals surface area contributed by atoms with Crippen molar-refractivity contribution in [2.75, 3.05) is 0 Å². The Morgan fingerprint density at radius 1 is 1.21 bits per heavy atom. The van der Waals surface area contributed by atoms with Crippen LogP contribution < -0.4 is 5.32 Å². The van der Waals surface area contributed by atoms with Crippen LogP contribution in [0.1, 0.15) is 66.2 Å². The Labute approximate surface area is 89.7 Å². The Morgan fingerprint density at radius 3 is 2.36 bits per heavy atom. The monoisotopic (exact) mass is 197 g/mol. The van der Waals surface area contributed by atoms with E-state index in [1.807, 2.05) is 0 Å². The van der Waals surface area contributed by atoms with E-state index in [0.29, 0.717) is 17.5 Å². The fourth-order valence-electron chi connectivity index (χ4n) is 2.04. The molecule has 0 bridgehead atoms. The first kappa shape index (κ1) is 12.0. The summed E-state index contributed by atoms with van der Waals surface area (Å²) in [6.45, 7) is 9.36. The van der Waals surface area contributed by atoms with Gasteiger partial charge in [0.15, 0.2) is 0 Å². The summed E-state index contributed by atoms with van der Waals surface area (Å²) in [5.74, 6) is 0. The van der Waals surface area contributed by atoms with Gasteiger partial charge in [-0.1, -0.05) is 33.1 Å². The van der Waals surface area contributed by atoms with Crippen molar-refractivity contribution in [3.05, 3.63) is 0 Å². The lowest BCUT2D eigenvalue weighted by Crippen LogP contribution is -2.39. The smallest absolute Gasteiger partial charge is 0.00950 e. The van der Waals surface area contributed by atoms with E-state index in [1.54, 1.807) is 0 Å². The normalized spacial score (nSPS) is 23.1. The SMILES string of the molecule is CCCCCC(C)NC(C)C1(C)CC1. The van der Waals surface area contributed by atoms with E-state index in [0.717, 1.165) is 0 Å². The van der Waals surface area contributed by atoms with Crippen LogP contribution in [0, 0.1) is 5.41 Å². The van der Waals surface area contributed by atoms with Crippen LogP contribution in [0.5, 0.6) is 0 Å². The molecule has 1 nitrogen and oxygen atoms in total. The zero-order valence-electron chi connectivity index (χ0n) is 10.4. The van der Waals surface area contributed by atoms with Crippen molar-refractivity contribution in [2.24, 2.45) is 5.41 Å². The minimum atomic E-state index is 0.624. The Hall–Kier alpha value is -0.0400. The molecule has 1 fully saturated rings. The number of nitrogens with one attached hydrogen (secondary N) is 1. The van der Waals surface area contributed by atoms with E-state index in [9.17, 15) is 0 Å². The van der Waals surface area contributed by atoms with Crippen molar-refractivity contribution in [2.45, 2.75) is 78.3 Å². The highest BCUT2D eigenvalue weighted by atomic mass is 15.0. The molecule has 0 radical (unpaired) electrons. The lowest BCUT2D eigenvalue weighted by atomic mass is 9.99. The summed E-state index contributed by atoms with van der Waals surface area (Å²) >= 11 is 0. The summed E-state index contributed by atoms with van der Waals surface area (Å²) in [6, 6.07) is 1.41. The molecule has 0 aromatic heterocycles. The summed E-state index contributed by atoms with van der Waals surface area (Å²) in [5.41, 5.74) is 0.624. The zero-order chi connectivity index (χ0) is 10.6. The second-order valence-electron chi connectivity index (χ2n) is 5.44. The zero-order valence-corrected chi connectivity index (χ0v) is 10.4. The molecule has 1 aliphatic rings. The van der Waals surface area contributed by atoms with Gasteiger partial charge in [0.25, 0.3) is 0 Å². The van der Waals surface area contributed by atoms with E-state index in [4.69, 9.17) is 0 Å². The maximum Gasteiger partial charge on any atom is 0.00950 e. The van der Waals surface area contributed by atoms with Crippen LogP contribution in [0.25, 0.3) is 0 Å². The average molecular weight is 197 g/mol. The molecule has 84 valence electrons. The van der Waals surface area contributed by atoms with Gasteiger partial charge in [0, 0.05) is 12.1 Å². The average Bonchev–Trinajstić information content (AvgIpc) is 2.85. The molecule has 0 heterocycles. The van der Waals surface area contributed by atoms with Gasteiger partial charge in [-0.2, -0.15) is 0 Å². The molecular weight excluding hydrogens is 170 g/mol. The molecule has 1 aliphatic carbocycles. The molecule has 0 amide bonds. The fourth-order valence-corrected chi connectivity index (χ4v) is 2.04. The van der Waals surface area contributed by atoms with Gasteiger partial charge < -0.3 is 5.32 Å². The molecule has 2 atom stereocenters. The van der Waals surface area contributed by atoms with E-state index in [-0.39, 0.29) is 0 Å². The minimum absolute atomic E-state index is 0.624. The van der Waals surface area contributed by atoms with Gasteiger partial charge in [0.1, 0.15) is 0 Å². The van der Waals surface area contributed by atoms with Crippen LogP contribution >= 0.6 is 0 Å². The van der Waals surface area contributed by atoms with Crippen molar-refractivity contribution in [3.8, 4) is 0 Å². The predicted molar refractivity (Wildman–Crippen MR) is 63.5 cm³/mol. The highest BCUT2D eigenvalue weighted by Crippen LogP contribution is 2.48. The van der Waals surface area contributed by atoms with Crippen LogP contribution in [-0.4, -0.2) is 12.1 Å². The number of hydrogen-bond donors (Lipinski definition) is 1. The summed E-state index contributed by atoms with van der Waals surface area (Å²) in [5, 5.41) is 3.74. The fraction of sp³-hybridized carbons (Fsp3) is 1.00. The summed E-state index contributed by atoms with van der Waals surface area (Å²) in [7, 11) is 0. The molecule has 0 aromatic carbocycles. The Balaban J connectivity index is 2.10. The van der Waals surface area contributed by atoms with Crippen molar-refractivity contribution < 1.29 is 0 Å². The summed E-state index contributed by atoms with van der Waals surface area (Å²) in [4.78, 5) is 0. The lowest BCUT2D eigenvalue weighted by Gasteiger charge is -2.25. The highest BCUT2D eigenvalue weighted by molar-refractivity contribution is 4.97. The van der Waals surface area contributed by atoms with Crippen LogP contribution in [0.4, 0.5) is 0 Å². The number of hydrogen-bond acceptors (Lipinski definition) is 1. The first-order valence-corrected chi connectivity index (χ1v) is 6.34. The van der Waals surface area contributed by atoms with Gasteiger partial charge >= 0.3 is 0 Å². The summed E-state index contributed by atoms with van der Waals surface area (Å²) < 4.78 is 0. The molecule has 14 heavy (non-hydrogen) atoms. The molecule has 2 unspecified atom stereocenters. The van der Waals surface area contributed by atoms with E-state index >= 15 is 0 Å². The standard InChI is InChI=1S/C13H27N/c1-5-6-7-8-11(2)14-12(3)13(4)9-10-13/h11-12,14H,5-10H2,1-4H3. The first-order chi connectivity index (χ1) is 6.58. The molecule has 1 heteroatoms. The van der Waals surface area contributed by atoms with Crippen molar-refractivity contribution in [1.82, 2.24) is 5.32 Å². The molecule has 0 aromatic rings. The van der Waals surface area contributed by atoms with Gasteiger partial charge in [-0.25, -0.2) is 0 Å². The van der Waals surface area contributed by atoms with E-state index < -0.39 is 0 Å². The Kier molecular flexibility index (Phi) is 4.43.